The summed E-state index contributed by atoms with van der Waals surface area (Å²) in [6.07, 6.45) is 1.60. The van der Waals surface area contributed by atoms with E-state index >= 15 is 0 Å². The van der Waals surface area contributed by atoms with Crippen LogP contribution in [0.2, 0.25) is 5.15 Å². The molecular formula is C22H25ClN4O2. The molecule has 2 aliphatic rings. The Morgan fingerprint density at radius 3 is 2.52 bits per heavy atom. The first-order valence-electron chi connectivity index (χ1n) is 9.64. The Bertz CT molecular complexity index is 1020. The molecule has 4 rings (SSSR count). The van der Waals surface area contributed by atoms with E-state index in [0.717, 1.165) is 17.8 Å². The monoisotopic (exact) mass is 412 g/mol. The zero-order valence-corrected chi connectivity index (χ0v) is 18.1. The van der Waals surface area contributed by atoms with Crippen molar-refractivity contribution < 1.29 is 9.59 Å². The van der Waals surface area contributed by atoms with Crippen LogP contribution >= 0.6 is 11.6 Å². The van der Waals surface area contributed by atoms with Crippen molar-refractivity contribution in [3.05, 3.63) is 52.8 Å². The first kappa shape index (κ1) is 19.7. The van der Waals surface area contributed by atoms with Gasteiger partial charge in [-0.15, -0.1) is 0 Å². The summed E-state index contributed by atoms with van der Waals surface area (Å²) in [4.78, 5) is 35.6. The van der Waals surface area contributed by atoms with Crippen LogP contribution in [-0.4, -0.2) is 41.0 Å². The van der Waals surface area contributed by atoms with Crippen LogP contribution in [-0.2, 0) is 16.8 Å². The van der Waals surface area contributed by atoms with Crippen molar-refractivity contribution in [3.8, 4) is 0 Å². The second-order valence-electron chi connectivity index (χ2n) is 9.00. The number of imide groups is 1. The van der Waals surface area contributed by atoms with E-state index in [2.05, 4.69) is 23.7 Å². The van der Waals surface area contributed by atoms with Gasteiger partial charge in [0.15, 0.2) is 0 Å². The van der Waals surface area contributed by atoms with E-state index in [-0.39, 0.29) is 23.9 Å². The van der Waals surface area contributed by atoms with Gasteiger partial charge in [0.05, 0.1) is 5.69 Å². The van der Waals surface area contributed by atoms with Crippen LogP contribution in [0.15, 0.2) is 36.5 Å². The van der Waals surface area contributed by atoms with E-state index in [1.54, 1.807) is 37.1 Å². The topological polar surface area (TPSA) is 56.8 Å². The van der Waals surface area contributed by atoms with E-state index in [4.69, 9.17) is 11.6 Å². The minimum atomic E-state index is -0.961. The molecule has 0 aliphatic carbocycles. The molecule has 0 N–H and O–H groups in total. The van der Waals surface area contributed by atoms with Gasteiger partial charge < -0.3 is 9.80 Å². The Morgan fingerprint density at radius 1 is 1.10 bits per heavy atom. The van der Waals surface area contributed by atoms with Gasteiger partial charge >= 0.3 is 6.03 Å². The van der Waals surface area contributed by atoms with E-state index in [9.17, 15) is 9.59 Å². The van der Waals surface area contributed by atoms with Crippen molar-refractivity contribution in [2.24, 2.45) is 0 Å². The first-order chi connectivity index (χ1) is 13.5. The molecule has 3 heterocycles. The molecule has 1 saturated heterocycles. The smallest absolute Gasteiger partial charge is 0.332 e. The summed E-state index contributed by atoms with van der Waals surface area (Å²) in [5.74, 6) is -0.234. The fraction of sp³-hybridized carbons (Fsp3) is 0.409. The van der Waals surface area contributed by atoms with Gasteiger partial charge in [0, 0.05) is 37.4 Å². The number of nitrogens with zero attached hydrogens (tertiary/aromatic N) is 4. The minimum absolute atomic E-state index is 0.0353. The second-order valence-corrected chi connectivity index (χ2v) is 9.38. The SMILES string of the molecule is CN1CC(C)(C)c2ccc(N3C(=O)N(Cc4ccnc(Cl)c4)C(C)(C)C3=O)cc21. The quantitative estimate of drug-likeness (QED) is 0.559. The average molecular weight is 413 g/mol. The summed E-state index contributed by atoms with van der Waals surface area (Å²) in [5, 5.41) is 0.361. The van der Waals surface area contributed by atoms with Gasteiger partial charge in [-0.25, -0.2) is 14.7 Å². The van der Waals surface area contributed by atoms with Crippen LogP contribution < -0.4 is 9.80 Å². The molecule has 1 aromatic carbocycles. The van der Waals surface area contributed by atoms with Crippen LogP contribution in [0.3, 0.4) is 0 Å². The van der Waals surface area contributed by atoms with Gasteiger partial charge in [0.25, 0.3) is 5.91 Å². The zero-order chi connectivity index (χ0) is 21.1. The summed E-state index contributed by atoms with van der Waals surface area (Å²) in [5.41, 5.74) is 2.80. The van der Waals surface area contributed by atoms with Gasteiger partial charge in [0.2, 0.25) is 0 Å². The Hall–Kier alpha value is -2.60. The summed E-state index contributed by atoms with van der Waals surface area (Å²) in [6, 6.07) is 9.04. The van der Waals surface area contributed by atoms with Crippen molar-refractivity contribution in [1.82, 2.24) is 9.88 Å². The van der Waals surface area contributed by atoms with Crippen molar-refractivity contribution in [2.45, 2.75) is 45.2 Å². The molecule has 152 valence electrons. The minimum Gasteiger partial charge on any atom is -0.373 e. The Morgan fingerprint density at radius 2 is 1.83 bits per heavy atom. The third-order valence-corrected chi connectivity index (χ3v) is 6.17. The molecule has 0 unspecified atom stereocenters. The number of halogens is 1. The Kier molecular flexibility index (Phi) is 4.39. The molecule has 2 aromatic rings. The fourth-order valence-electron chi connectivity index (χ4n) is 4.36. The van der Waals surface area contributed by atoms with Gasteiger partial charge in [-0.3, -0.25) is 4.79 Å². The van der Waals surface area contributed by atoms with E-state index in [1.807, 2.05) is 25.2 Å². The lowest BCUT2D eigenvalue weighted by Gasteiger charge is -2.27. The standard InChI is InChI=1S/C22H25ClN4O2/c1-21(2)13-25(5)17-11-15(6-7-16(17)21)27-19(28)22(3,4)26(20(27)29)12-14-8-9-24-18(23)10-14/h6-11H,12-13H2,1-5H3. The van der Waals surface area contributed by atoms with Crippen LogP contribution in [0.5, 0.6) is 0 Å². The number of hydrogen-bond acceptors (Lipinski definition) is 4. The highest BCUT2D eigenvalue weighted by atomic mass is 35.5. The predicted octanol–water partition coefficient (Wildman–Crippen LogP) is 4.21. The lowest BCUT2D eigenvalue weighted by atomic mass is 9.87. The fourth-order valence-corrected chi connectivity index (χ4v) is 4.56. The van der Waals surface area contributed by atoms with Gasteiger partial charge in [-0.2, -0.15) is 0 Å². The zero-order valence-electron chi connectivity index (χ0n) is 17.4. The second kappa shape index (κ2) is 6.46. The molecule has 1 aromatic heterocycles. The molecule has 1 fully saturated rings. The van der Waals surface area contributed by atoms with Crippen molar-refractivity contribution in [3.63, 3.8) is 0 Å². The average Bonchev–Trinajstić information content (AvgIpc) is 2.96. The van der Waals surface area contributed by atoms with Crippen molar-refractivity contribution in [2.75, 3.05) is 23.4 Å². The largest absolute Gasteiger partial charge is 0.373 e. The molecular weight excluding hydrogens is 388 g/mol. The lowest BCUT2D eigenvalue weighted by Crippen LogP contribution is -2.43. The van der Waals surface area contributed by atoms with Gasteiger partial charge in [0.1, 0.15) is 10.7 Å². The predicted molar refractivity (Wildman–Crippen MR) is 114 cm³/mol. The summed E-state index contributed by atoms with van der Waals surface area (Å²) in [7, 11) is 2.04. The molecule has 6 nitrogen and oxygen atoms in total. The Labute approximate surface area is 176 Å². The number of amides is 3. The number of anilines is 2. The molecule has 7 heteroatoms. The molecule has 0 saturated carbocycles. The van der Waals surface area contributed by atoms with Crippen molar-refractivity contribution >= 4 is 34.9 Å². The maximum Gasteiger partial charge on any atom is 0.332 e. The molecule has 3 amide bonds. The van der Waals surface area contributed by atoms with Crippen LogP contribution in [0, 0.1) is 0 Å². The number of urea groups is 1. The van der Waals surface area contributed by atoms with Gasteiger partial charge in [-0.05, 0) is 49.2 Å². The number of fused-ring (bicyclic) bond motifs is 1. The molecule has 0 spiro atoms. The number of likely N-dealkylation sites (N-methyl/N-ethyl adjacent to an activating group) is 1. The van der Waals surface area contributed by atoms with E-state index in [1.165, 1.54) is 10.5 Å². The Balaban J connectivity index is 1.70. The third-order valence-electron chi connectivity index (χ3n) is 5.97. The highest BCUT2D eigenvalue weighted by Crippen LogP contribution is 2.43. The number of pyridine rings is 1. The maximum atomic E-state index is 13.3. The van der Waals surface area contributed by atoms with Crippen molar-refractivity contribution in [1.29, 1.82) is 0 Å². The van der Waals surface area contributed by atoms with E-state index in [0.29, 0.717) is 10.8 Å². The molecule has 0 bridgehead atoms. The number of carbonyl (C=O) groups excluding carboxylic acids is 2. The number of benzene rings is 1. The number of carbonyl (C=O) groups is 2. The van der Waals surface area contributed by atoms with Crippen LogP contribution in [0.4, 0.5) is 16.2 Å². The van der Waals surface area contributed by atoms with Crippen LogP contribution in [0.25, 0.3) is 0 Å². The normalized spacial score (nSPS) is 19.9. The summed E-state index contributed by atoms with van der Waals surface area (Å²) >= 11 is 5.99. The number of aromatic nitrogens is 1. The summed E-state index contributed by atoms with van der Waals surface area (Å²) < 4.78 is 0. The lowest BCUT2D eigenvalue weighted by molar-refractivity contribution is -0.123. The molecule has 0 radical (unpaired) electrons. The molecule has 0 atom stereocenters. The maximum absolute atomic E-state index is 13.3. The van der Waals surface area contributed by atoms with Gasteiger partial charge in [-0.1, -0.05) is 31.5 Å². The first-order valence-corrected chi connectivity index (χ1v) is 10.0. The number of rotatable bonds is 3. The highest BCUT2D eigenvalue weighted by Gasteiger charge is 2.52. The third kappa shape index (κ3) is 3.06. The van der Waals surface area contributed by atoms with E-state index < -0.39 is 5.54 Å². The van der Waals surface area contributed by atoms with Crippen LogP contribution in [0.1, 0.15) is 38.8 Å². The molecule has 2 aliphatic heterocycles. The highest BCUT2D eigenvalue weighted by molar-refractivity contribution is 6.29. The summed E-state index contributed by atoms with van der Waals surface area (Å²) in [6.45, 7) is 9.14. The number of hydrogen-bond donors (Lipinski definition) is 0. The molecule has 29 heavy (non-hydrogen) atoms.